The first-order chi connectivity index (χ1) is 6.87. The first kappa shape index (κ1) is 12.5. The number of aliphatic carboxylic acids is 1. The zero-order valence-corrected chi connectivity index (χ0v) is 10.3. The maximum Gasteiger partial charge on any atom is 0.309 e. The Bertz CT molecular complexity index is 230. The summed E-state index contributed by atoms with van der Waals surface area (Å²) < 4.78 is 0. The van der Waals surface area contributed by atoms with E-state index >= 15 is 0 Å². The van der Waals surface area contributed by atoms with Gasteiger partial charge in [-0.25, -0.2) is 0 Å². The van der Waals surface area contributed by atoms with Crippen LogP contribution in [0.1, 0.15) is 46.5 Å². The van der Waals surface area contributed by atoms with Gasteiger partial charge in [-0.1, -0.05) is 0 Å². The molecule has 0 amide bonds. The van der Waals surface area contributed by atoms with Crippen molar-refractivity contribution >= 4 is 5.97 Å². The molecule has 0 heterocycles. The molecule has 0 unspecified atom stereocenters. The van der Waals surface area contributed by atoms with Gasteiger partial charge in [0.15, 0.2) is 0 Å². The van der Waals surface area contributed by atoms with Gasteiger partial charge < -0.3 is 10.0 Å². The molecule has 1 fully saturated rings. The molecular weight excluding hydrogens is 190 g/mol. The summed E-state index contributed by atoms with van der Waals surface area (Å²) in [5.74, 6) is -0.631. The fourth-order valence-corrected chi connectivity index (χ4v) is 2.28. The van der Waals surface area contributed by atoms with Crippen LogP contribution in [0.25, 0.3) is 0 Å². The number of hydrogen-bond donors (Lipinski definition) is 1. The third kappa shape index (κ3) is 2.71. The molecule has 1 aliphatic rings. The summed E-state index contributed by atoms with van der Waals surface area (Å²) in [6, 6.07) is 1.11. The number of rotatable bonds is 3. The number of nitrogens with zero attached hydrogens (tertiary/aromatic N) is 1. The van der Waals surface area contributed by atoms with Crippen molar-refractivity contribution in [1.82, 2.24) is 4.90 Å². The van der Waals surface area contributed by atoms with Crippen LogP contribution in [0.4, 0.5) is 0 Å². The van der Waals surface area contributed by atoms with Gasteiger partial charge in [0.05, 0.1) is 5.41 Å². The van der Waals surface area contributed by atoms with Gasteiger partial charge in [0, 0.05) is 12.1 Å². The monoisotopic (exact) mass is 213 g/mol. The second kappa shape index (κ2) is 4.52. The van der Waals surface area contributed by atoms with E-state index in [1.54, 1.807) is 0 Å². The first-order valence-electron chi connectivity index (χ1n) is 5.82. The highest BCUT2D eigenvalue weighted by molar-refractivity contribution is 5.74. The van der Waals surface area contributed by atoms with Crippen molar-refractivity contribution in [3.63, 3.8) is 0 Å². The van der Waals surface area contributed by atoms with E-state index in [0.717, 1.165) is 25.7 Å². The summed E-state index contributed by atoms with van der Waals surface area (Å²) in [5.41, 5.74) is -0.478. The van der Waals surface area contributed by atoms with E-state index in [2.05, 4.69) is 25.8 Å². The first-order valence-corrected chi connectivity index (χ1v) is 5.82. The van der Waals surface area contributed by atoms with E-state index in [1.165, 1.54) is 0 Å². The van der Waals surface area contributed by atoms with Gasteiger partial charge in [-0.15, -0.1) is 0 Å². The Kier molecular flexibility index (Phi) is 3.77. The van der Waals surface area contributed by atoms with Crippen LogP contribution in [0.3, 0.4) is 0 Å². The average Bonchev–Trinajstić information content (AvgIpc) is 2.17. The van der Waals surface area contributed by atoms with Crippen molar-refractivity contribution in [2.75, 3.05) is 7.05 Å². The van der Waals surface area contributed by atoms with E-state index in [1.807, 2.05) is 6.92 Å². The maximum absolute atomic E-state index is 11.1. The average molecular weight is 213 g/mol. The molecule has 3 nitrogen and oxygen atoms in total. The van der Waals surface area contributed by atoms with Crippen molar-refractivity contribution in [2.24, 2.45) is 5.41 Å². The standard InChI is InChI=1S/C12H23NO2/c1-9(2)13(4)10-5-7-12(3,8-6-10)11(14)15/h9-10H,5-8H2,1-4H3,(H,14,15). The fraction of sp³-hybridized carbons (Fsp3) is 0.917. The Balaban J connectivity index is 2.52. The lowest BCUT2D eigenvalue weighted by Gasteiger charge is -2.39. The van der Waals surface area contributed by atoms with Crippen LogP contribution in [0.5, 0.6) is 0 Å². The van der Waals surface area contributed by atoms with Gasteiger partial charge in [-0.05, 0) is 53.5 Å². The predicted molar refractivity (Wildman–Crippen MR) is 60.9 cm³/mol. The van der Waals surface area contributed by atoms with E-state index in [0.29, 0.717) is 12.1 Å². The molecule has 3 heteroatoms. The van der Waals surface area contributed by atoms with Crippen molar-refractivity contribution in [3.05, 3.63) is 0 Å². The lowest BCUT2D eigenvalue weighted by atomic mass is 9.73. The van der Waals surface area contributed by atoms with Crippen molar-refractivity contribution < 1.29 is 9.90 Å². The van der Waals surface area contributed by atoms with Crippen LogP contribution in [0.15, 0.2) is 0 Å². The highest BCUT2D eigenvalue weighted by Gasteiger charge is 2.38. The topological polar surface area (TPSA) is 40.5 Å². The van der Waals surface area contributed by atoms with Crippen LogP contribution >= 0.6 is 0 Å². The maximum atomic E-state index is 11.1. The van der Waals surface area contributed by atoms with Gasteiger partial charge >= 0.3 is 5.97 Å². The van der Waals surface area contributed by atoms with Gasteiger partial charge in [0.25, 0.3) is 0 Å². The van der Waals surface area contributed by atoms with Crippen molar-refractivity contribution in [2.45, 2.75) is 58.5 Å². The van der Waals surface area contributed by atoms with Gasteiger partial charge in [0.2, 0.25) is 0 Å². The number of hydrogen-bond acceptors (Lipinski definition) is 2. The Hall–Kier alpha value is -0.570. The van der Waals surface area contributed by atoms with E-state index in [9.17, 15) is 4.79 Å². The van der Waals surface area contributed by atoms with Crippen LogP contribution in [-0.2, 0) is 4.79 Å². The highest BCUT2D eigenvalue weighted by atomic mass is 16.4. The Labute approximate surface area is 92.5 Å². The summed E-state index contributed by atoms with van der Waals surface area (Å²) in [5, 5.41) is 9.12. The minimum atomic E-state index is -0.631. The molecule has 0 atom stereocenters. The summed E-state index contributed by atoms with van der Waals surface area (Å²) in [6.45, 7) is 6.25. The summed E-state index contributed by atoms with van der Waals surface area (Å²) in [6.07, 6.45) is 3.64. The normalized spacial score (nSPS) is 32.3. The van der Waals surface area contributed by atoms with Crippen molar-refractivity contribution in [3.8, 4) is 0 Å². The third-order valence-corrected chi connectivity index (χ3v) is 3.97. The molecule has 1 N–H and O–H groups in total. The van der Waals surface area contributed by atoms with Gasteiger partial charge in [0.1, 0.15) is 0 Å². The second-order valence-electron chi connectivity index (χ2n) is 5.36. The SMILES string of the molecule is CC(C)N(C)C1CCC(C)(C(=O)O)CC1. The lowest BCUT2D eigenvalue weighted by molar-refractivity contribution is -0.150. The molecule has 88 valence electrons. The minimum Gasteiger partial charge on any atom is -0.481 e. The molecular formula is C12H23NO2. The van der Waals surface area contributed by atoms with E-state index in [-0.39, 0.29) is 0 Å². The van der Waals surface area contributed by atoms with Crippen LogP contribution in [-0.4, -0.2) is 35.1 Å². The number of carboxylic acid groups (broad SMARTS) is 1. The van der Waals surface area contributed by atoms with E-state index in [4.69, 9.17) is 5.11 Å². The molecule has 0 spiro atoms. The molecule has 0 radical (unpaired) electrons. The number of carbonyl (C=O) groups is 1. The van der Waals surface area contributed by atoms with Crippen LogP contribution in [0, 0.1) is 5.41 Å². The smallest absolute Gasteiger partial charge is 0.309 e. The molecule has 0 aromatic heterocycles. The van der Waals surface area contributed by atoms with Gasteiger partial charge in [-0.3, -0.25) is 4.79 Å². The quantitative estimate of drug-likeness (QED) is 0.782. The van der Waals surface area contributed by atoms with Crippen molar-refractivity contribution in [1.29, 1.82) is 0 Å². The zero-order chi connectivity index (χ0) is 11.6. The fourth-order valence-electron chi connectivity index (χ4n) is 2.28. The molecule has 0 aromatic carbocycles. The number of carboxylic acids is 1. The molecule has 0 aliphatic heterocycles. The summed E-state index contributed by atoms with van der Waals surface area (Å²) in [4.78, 5) is 13.4. The Morgan fingerprint density at radius 1 is 1.40 bits per heavy atom. The molecule has 1 aliphatic carbocycles. The predicted octanol–water partition coefficient (Wildman–Crippen LogP) is 2.36. The Morgan fingerprint density at radius 2 is 1.87 bits per heavy atom. The minimum absolute atomic E-state index is 0.478. The molecule has 1 rings (SSSR count). The molecule has 1 saturated carbocycles. The summed E-state index contributed by atoms with van der Waals surface area (Å²) in [7, 11) is 2.14. The molecule has 15 heavy (non-hydrogen) atoms. The van der Waals surface area contributed by atoms with Crippen LogP contribution in [0.2, 0.25) is 0 Å². The zero-order valence-electron chi connectivity index (χ0n) is 10.3. The Morgan fingerprint density at radius 3 is 2.20 bits per heavy atom. The molecule has 0 aromatic rings. The van der Waals surface area contributed by atoms with Crippen LogP contribution < -0.4 is 0 Å². The molecule has 0 saturated heterocycles. The largest absolute Gasteiger partial charge is 0.481 e. The lowest BCUT2D eigenvalue weighted by Crippen LogP contribution is -2.43. The third-order valence-electron chi connectivity index (χ3n) is 3.97. The molecule has 0 bridgehead atoms. The summed E-state index contributed by atoms with van der Waals surface area (Å²) >= 11 is 0. The van der Waals surface area contributed by atoms with Gasteiger partial charge in [-0.2, -0.15) is 0 Å². The highest BCUT2D eigenvalue weighted by Crippen LogP contribution is 2.37. The van der Waals surface area contributed by atoms with E-state index < -0.39 is 11.4 Å². The second-order valence-corrected chi connectivity index (χ2v) is 5.36.